The van der Waals surface area contributed by atoms with E-state index >= 15 is 0 Å². The van der Waals surface area contributed by atoms with Crippen molar-refractivity contribution in [1.82, 2.24) is 5.32 Å². The number of amides is 1. The molecule has 0 saturated carbocycles. The van der Waals surface area contributed by atoms with Gasteiger partial charge in [-0.2, -0.15) is 0 Å². The molecule has 2 N–H and O–H groups in total. The number of aryl methyl sites for hydroxylation is 2. The lowest BCUT2D eigenvalue weighted by molar-refractivity contribution is -0.117. The van der Waals surface area contributed by atoms with Gasteiger partial charge in [-0.1, -0.05) is 48.5 Å². The van der Waals surface area contributed by atoms with E-state index in [1.807, 2.05) is 57.2 Å². The topological polar surface area (TPSA) is 41.1 Å². The molecule has 0 saturated heterocycles. The Bertz CT molecular complexity index is 617. The molecule has 2 aromatic carbocycles. The van der Waals surface area contributed by atoms with Crippen molar-refractivity contribution in [2.75, 3.05) is 5.32 Å². The van der Waals surface area contributed by atoms with Crippen molar-refractivity contribution in [3.05, 3.63) is 65.2 Å². The molecule has 3 nitrogen and oxygen atoms in total. The van der Waals surface area contributed by atoms with Gasteiger partial charge in [-0.15, -0.1) is 0 Å². The monoisotopic (exact) mass is 296 g/mol. The Balaban J connectivity index is 2.01. The summed E-state index contributed by atoms with van der Waals surface area (Å²) in [6.07, 6.45) is 0. The minimum atomic E-state index is -0.269. The van der Waals surface area contributed by atoms with Crippen molar-refractivity contribution in [3.63, 3.8) is 0 Å². The molecule has 3 heteroatoms. The maximum absolute atomic E-state index is 12.4. The first-order chi connectivity index (χ1) is 10.5. The molecule has 0 unspecified atom stereocenters. The molecule has 0 aromatic heterocycles. The molecule has 22 heavy (non-hydrogen) atoms. The molecule has 0 heterocycles. The van der Waals surface area contributed by atoms with Crippen molar-refractivity contribution in [1.29, 1.82) is 0 Å². The van der Waals surface area contributed by atoms with Crippen LogP contribution >= 0.6 is 0 Å². The smallest absolute Gasteiger partial charge is 0.241 e. The van der Waals surface area contributed by atoms with Crippen LogP contribution in [0.5, 0.6) is 0 Å². The van der Waals surface area contributed by atoms with Gasteiger partial charge in [0.05, 0.1) is 6.04 Å². The fourth-order valence-electron chi connectivity index (χ4n) is 2.53. The third kappa shape index (κ3) is 3.95. The van der Waals surface area contributed by atoms with Crippen LogP contribution in [-0.2, 0) is 4.79 Å². The molecule has 2 atom stereocenters. The first-order valence-electron chi connectivity index (χ1n) is 7.67. The van der Waals surface area contributed by atoms with Crippen molar-refractivity contribution >= 4 is 11.6 Å². The molecule has 0 radical (unpaired) electrons. The van der Waals surface area contributed by atoms with Gasteiger partial charge in [-0.05, 0) is 44.4 Å². The number of benzene rings is 2. The Hall–Kier alpha value is -2.13. The van der Waals surface area contributed by atoms with Gasteiger partial charge >= 0.3 is 0 Å². The van der Waals surface area contributed by atoms with E-state index < -0.39 is 0 Å². The van der Waals surface area contributed by atoms with Crippen molar-refractivity contribution in [2.24, 2.45) is 0 Å². The number of hydrogen-bond donors (Lipinski definition) is 2. The molecule has 2 aromatic rings. The highest BCUT2D eigenvalue weighted by molar-refractivity contribution is 5.95. The average molecular weight is 296 g/mol. The van der Waals surface area contributed by atoms with E-state index in [1.165, 1.54) is 5.56 Å². The third-order valence-electron chi connectivity index (χ3n) is 3.92. The predicted octanol–water partition coefficient (Wildman–Crippen LogP) is 3.98. The van der Waals surface area contributed by atoms with Gasteiger partial charge in [-0.3, -0.25) is 10.1 Å². The first kappa shape index (κ1) is 16.2. The number of rotatable bonds is 5. The summed E-state index contributed by atoms with van der Waals surface area (Å²) in [6.45, 7) is 7.97. The highest BCUT2D eigenvalue weighted by Crippen LogP contribution is 2.20. The Kier molecular flexibility index (Phi) is 5.34. The van der Waals surface area contributed by atoms with Gasteiger partial charge in [0.25, 0.3) is 0 Å². The maximum Gasteiger partial charge on any atom is 0.241 e. The van der Waals surface area contributed by atoms with E-state index in [0.29, 0.717) is 0 Å². The normalized spacial score (nSPS) is 13.5. The molecule has 0 aliphatic rings. The lowest BCUT2D eigenvalue weighted by atomic mass is 10.1. The predicted molar refractivity (Wildman–Crippen MR) is 92.0 cm³/mol. The molecule has 0 aliphatic carbocycles. The second-order valence-corrected chi connectivity index (χ2v) is 5.78. The van der Waals surface area contributed by atoms with E-state index in [9.17, 15) is 4.79 Å². The number of carbonyl (C=O) groups is 1. The summed E-state index contributed by atoms with van der Waals surface area (Å²) in [5, 5.41) is 6.38. The van der Waals surface area contributed by atoms with E-state index in [0.717, 1.165) is 16.8 Å². The maximum atomic E-state index is 12.4. The molecule has 0 bridgehead atoms. The van der Waals surface area contributed by atoms with Crippen molar-refractivity contribution in [3.8, 4) is 0 Å². The largest absolute Gasteiger partial charge is 0.324 e. The van der Waals surface area contributed by atoms with Crippen LogP contribution in [0.3, 0.4) is 0 Å². The molecule has 2 rings (SSSR count). The summed E-state index contributed by atoms with van der Waals surface area (Å²) >= 11 is 0. The van der Waals surface area contributed by atoms with Crippen LogP contribution in [0.4, 0.5) is 5.69 Å². The molecule has 1 amide bonds. The standard InChI is InChI=1S/C19H24N2O/c1-13-9-8-10-14(2)18(13)21-19(22)16(4)20-15(3)17-11-6-5-7-12-17/h5-12,15-16,20H,1-4H3,(H,21,22)/t15-,16-/m0/s1. The summed E-state index contributed by atoms with van der Waals surface area (Å²) in [6, 6.07) is 16.0. The summed E-state index contributed by atoms with van der Waals surface area (Å²) in [4.78, 5) is 12.4. The fourth-order valence-corrected chi connectivity index (χ4v) is 2.53. The number of carbonyl (C=O) groups excluding carboxylic acids is 1. The van der Waals surface area contributed by atoms with Gasteiger partial charge in [0, 0.05) is 11.7 Å². The number of nitrogens with one attached hydrogen (secondary N) is 2. The van der Waals surface area contributed by atoms with Crippen LogP contribution in [0, 0.1) is 13.8 Å². The Labute approximate surface area is 132 Å². The van der Waals surface area contributed by atoms with Crippen LogP contribution in [0.25, 0.3) is 0 Å². The van der Waals surface area contributed by atoms with Crippen molar-refractivity contribution < 1.29 is 4.79 Å². The molecular formula is C19H24N2O. The molecule has 0 spiro atoms. The van der Waals surface area contributed by atoms with Crippen LogP contribution in [-0.4, -0.2) is 11.9 Å². The molecule has 116 valence electrons. The lowest BCUT2D eigenvalue weighted by Gasteiger charge is -2.21. The first-order valence-corrected chi connectivity index (χ1v) is 7.67. The number of anilines is 1. The van der Waals surface area contributed by atoms with Gasteiger partial charge in [0.1, 0.15) is 0 Å². The number of hydrogen-bond acceptors (Lipinski definition) is 2. The quantitative estimate of drug-likeness (QED) is 0.876. The lowest BCUT2D eigenvalue weighted by Crippen LogP contribution is -2.39. The van der Waals surface area contributed by atoms with Gasteiger partial charge < -0.3 is 5.32 Å². The fraction of sp³-hybridized carbons (Fsp3) is 0.316. The highest BCUT2D eigenvalue weighted by atomic mass is 16.2. The zero-order valence-corrected chi connectivity index (χ0v) is 13.7. The van der Waals surface area contributed by atoms with Crippen LogP contribution < -0.4 is 10.6 Å². The molecule has 0 aliphatic heterocycles. The minimum Gasteiger partial charge on any atom is -0.324 e. The van der Waals surface area contributed by atoms with Gasteiger partial charge in [0.15, 0.2) is 0 Å². The number of para-hydroxylation sites is 1. The van der Waals surface area contributed by atoms with E-state index in [1.54, 1.807) is 0 Å². The van der Waals surface area contributed by atoms with Gasteiger partial charge in [0.2, 0.25) is 5.91 Å². The Morgan fingerprint density at radius 2 is 1.50 bits per heavy atom. The van der Waals surface area contributed by atoms with Gasteiger partial charge in [-0.25, -0.2) is 0 Å². The summed E-state index contributed by atoms with van der Waals surface area (Å²) in [5.74, 6) is -0.0137. The Morgan fingerprint density at radius 1 is 0.909 bits per heavy atom. The zero-order valence-electron chi connectivity index (χ0n) is 13.7. The summed E-state index contributed by atoms with van der Waals surface area (Å²) in [5.41, 5.74) is 4.25. The second-order valence-electron chi connectivity index (χ2n) is 5.78. The molecular weight excluding hydrogens is 272 g/mol. The van der Waals surface area contributed by atoms with E-state index in [-0.39, 0.29) is 18.0 Å². The van der Waals surface area contributed by atoms with Crippen LogP contribution in [0.1, 0.15) is 36.6 Å². The SMILES string of the molecule is Cc1cccc(C)c1NC(=O)[C@H](C)N[C@@H](C)c1ccccc1. The second kappa shape index (κ2) is 7.23. The van der Waals surface area contributed by atoms with E-state index in [4.69, 9.17) is 0 Å². The van der Waals surface area contributed by atoms with Crippen LogP contribution in [0.2, 0.25) is 0 Å². The highest BCUT2D eigenvalue weighted by Gasteiger charge is 2.17. The van der Waals surface area contributed by atoms with Crippen LogP contribution in [0.15, 0.2) is 48.5 Å². The minimum absolute atomic E-state index is 0.0137. The molecule has 0 fully saturated rings. The third-order valence-corrected chi connectivity index (χ3v) is 3.92. The average Bonchev–Trinajstić information content (AvgIpc) is 2.51. The van der Waals surface area contributed by atoms with Crippen molar-refractivity contribution in [2.45, 2.75) is 39.8 Å². The van der Waals surface area contributed by atoms with E-state index in [2.05, 4.69) is 29.7 Å². The summed E-state index contributed by atoms with van der Waals surface area (Å²) in [7, 11) is 0. The Morgan fingerprint density at radius 3 is 2.09 bits per heavy atom. The summed E-state index contributed by atoms with van der Waals surface area (Å²) < 4.78 is 0. The zero-order chi connectivity index (χ0) is 16.1.